The summed E-state index contributed by atoms with van der Waals surface area (Å²) in [6, 6.07) is 12.7. The van der Waals surface area contributed by atoms with Crippen LogP contribution in [-0.2, 0) is 23.1 Å². The lowest BCUT2D eigenvalue weighted by Gasteiger charge is -2.27. The van der Waals surface area contributed by atoms with Gasteiger partial charge < -0.3 is 25.7 Å². The Bertz CT molecular complexity index is 1370. The number of dihydropyridines is 1. The highest BCUT2D eigenvalue weighted by Crippen LogP contribution is 2.21. The normalized spacial score (nSPS) is 12.5. The van der Waals surface area contributed by atoms with E-state index in [2.05, 4.69) is 10.6 Å². The van der Waals surface area contributed by atoms with Crippen LogP contribution >= 0.6 is 0 Å². The van der Waals surface area contributed by atoms with Crippen LogP contribution in [0.25, 0.3) is 11.0 Å². The molecule has 0 spiro atoms. The molecule has 2 aromatic carbocycles. The predicted molar refractivity (Wildman–Crippen MR) is 143 cm³/mol. The fourth-order valence-corrected chi connectivity index (χ4v) is 4.05. The smallest absolute Gasteiger partial charge is 0.307 e. The number of nitrogen functional groups attached to an aromatic ring is 1. The number of amides is 1. The molecule has 3 aromatic rings. The van der Waals surface area contributed by atoms with Gasteiger partial charge in [0.15, 0.2) is 0 Å². The molecular formula is C27H31N7O3. The van der Waals surface area contributed by atoms with E-state index in [4.69, 9.17) is 20.9 Å². The number of carbonyl (C=O) groups excluding carboxylic acids is 2. The summed E-state index contributed by atoms with van der Waals surface area (Å²) in [5, 5.41) is 14.0. The third-order valence-electron chi connectivity index (χ3n) is 6.04. The van der Waals surface area contributed by atoms with Gasteiger partial charge in [0.1, 0.15) is 17.5 Å². The van der Waals surface area contributed by atoms with Crippen LogP contribution in [-0.4, -0.2) is 51.9 Å². The average Bonchev–Trinajstić information content (AvgIpc) is 3.23. The Morgan fingerprint density at radius 1 is 1.22 bits per heavy atom. The third kappa shape index (κ3) is 5.97. The second-order valence-corrected chi connectivity index (χ2v) is 8.51. The van der Waals surface area contributed by atoms with Crippen LogP contribution in [0.5, 0.6) is 0 Å². The van der Waals surface area contributed by atoms with Gasteiger partial charge in [-0.2, -0.15) is 0 Å². The number of aryl methyl sites for hydroxylation is 1. The van der Waals surface area contributed by atoms with Crippen molar-refractivity contribution < 1.29 is 14.3 Å². The maximum Gasteiger partial charge on any atom is 0.307 e. The number of imidazole rings is 1. The summed E-state index contributed by atoms with van der Waals surface area (Å²) in [6.07, 6.45) is 5.74. The number of ether oxygens (including phenoxy) is 1. The number of esters is 1. The summed E-state index contributed by atoms with van der Waals surface area (Å²) >= 11 is 0. The van der Waals surface area contributed by atoms with E-state index < -0.39 is 0 Å². The quantitative estimate of drug-likeness (QED) is 0.190. The van der Waals surface area contributed by atoms with E-state index in [1.807, 2.05) is 48.0 Å². The second-order valence-electron chi connectivity index (χ2n) is 8.51. The average molecular weight is 502 g/mol. The van der Waals surface area contributed by atoms with Gasteiger partial charge in [-0.1, -0.05) is 12.2 Å². The Kier molecular flexibility index (Phi) is 7.87. The molecule has 1 aliphatic heterocycles. The summed E-state index contributed by atoms with van der Waals surface area (Å²) in [5.74, 6) is 0.894. The van der Waals surface area contributed by atoms with Crippen molar-refractivity contribution in [2.45, 2.75) is 19.9 Å². The minimum absolute atomic E-state index is 0.0266. The highest BCUT2D eigenvalue weighted by atomic mass is 16.5. The van der Waals surface area contributed by atoms with E-state index >= 15 is 0 Å². The number of nitrogens with zero attached hydrogens (tertiary/aromatic N) is 3. The van der Waals surface area contributed by atoms with Gasteiger partial charge in [0.2, 0.25) is 0 Å². The monoisotopic (exact) mass is 501 g/mol. The number of amidine groups is 1. The highest BCUT2D eigenvalue weighted by Gasteiger charge is 2.22. The first kappa shape index (κ1) is 25.5. The van der Waals surface area contributed by atoms with Crippen LogP contribution in [0.4, 0.5) is 5.69 Å². The summed E-state index contributed by atoms with van der Waals surface area (Å²) in [6.45, 7) is 3.33. The third-order valence-corrected chi connectivity index (χ3v) is 6.04. The number of rotatable bonds is 10. The molecule has 0 unspecified atom stereocenters. The van der Waals surface area contributed by atoms with Gasteiger partial charge in [0, 0.05) is 37.0 Å². The number of nitrogens with two attached hydrogens (primary N) is 1. The topological polar surface area (TPSA) is 138 Å². The molecule has 1 amide bonds. The van der Waals surface area contributed by atoms with Gasteiger partial charge in [-0.15, -0.1) is 0 Å². The molecule has 37 heavy (non-hydrogen) atoms. The van der Waals surface area contributed by atoms with Crippen LogP contribution in [0.2, 0.25) is 0 Å². The van der Waals surface area contributed by atoms with Crippen molar-refractivity contribution in [3.63, 3.8) is 0 Å². The van der Waals surface area contributed by atoms with E-state index in [0.717, 1.165) is 17.0 Å². The van der Waals surface area contributed by atoms with Gasteiger partial charge >= 0.3 is 5.97 Å². The summed E-state index contributed by atoms with van der Waals surface area (Å²) in [4.78, 5) is 31.8. The minimum atomic E-state index is -0.347. The zero-order valence-corrected chi connectivity index (χ0v) is 21.0. The van der Waals surface area contributed by atoms with Gasteiger partial charge in [-0.25, -0.2) is 4.98 Å². The molecule has 10 heteroatoms. The molecule has 0 atom stereocenters. The van der Waals surface area contributed by atoms with Gasteiger partial charge in [-0.05, 0) is 55.5 Å². The van der Waals surface area contributed by atoms with Crippen LogP contribution in [0.1, 0.15) is 35.1 Å². The van der Waals surface area contributed by atoms with E-state index in [1.54, 1.807) is 36.1 Å². The molecule has 10 nitrogen and oxygen atoms in total. The fourth-order valence-electron chi connectivity index (χ4n) is 4.05. The van der Waals surface area contributed by atoms with E-state index in [1.165, 1.54) is 0 Å². The molecule has 2 heterocycles. The van der Waals surface area contributed by atoms with Crippen molar-refractivity contribution in [3.05, 3.63) is 83.5 Å². The number of hydrogen-bond donors (Lipinski definition) is 4. The van der Waals surface area contributed by atoms with Crippen LogP contribution in [0, 0.1) is 5.41 Å². The lowest BCUT2D eigenvalue weighted by atomic mass is 10.1. The largest absolute Gasteiger partial charge is 0.466 e. The molecule has 0 saturated carbocycles. The van der Waals surface area contributed by atoms with Crippen molar-refractivity contribution >= 4 is 34.4 Å². The lowest BCUT2D eigenvalue weighted by Crippen LogP contribution is -2.39. The van der Waals surface area contributed by atoms with E-state index in [9.17, 15) is 9.59 Å². The molecule has 0 saturated heterocycles. The second kappa shape index (κ2) is 11.4. The first-order chi connectivity index (χ1) is 17.9. The number of hydrogen-bond acceptors (Lipinski definition) is 7. The summed E-state index contributed by atoms with van der Waals surface area (Å²) < 4.78 is 7.03. The Morgan fingerprint density at radius 2 is 1.97 bits per heavy atom. The number of nitrogens with one attached hydrogen (secondary N) is 3. The van der Waals surface area contributed by atoms with Crippen LogP contribution in [0.3, 0.4) is 0 Å². The van der Waals surface area contributed by atoms with Crippen molar-refractivity contribution in [2.24, 2.45) is 12.8 Å². The number of fused-ring (bicyclic) bond motifs is 1. The standard InChI is InChI=1S/C27H31N7O3/c1-3-37-25(35)13-15-34(23-6-4-5-14-30-23)27(36)19-9-12-22-21(16-19)32-24(33(22)2)17-31-20-10-7-18(8-11-20)26(28)29/h4-12,16,30-31H,3,13-15,17H2,1-2H3,(H3,28,29). The molecule has 5 N–H and O–H groups in total. The molecule has 0 aliphatic carbocycles. The molecule has 1 aromatic heterocycles. The number of benzene rings is 2. The molecule has 4 rings (SSSR count). The highest BCUT2D eigenvalue weighted by molar-refractivity contribution is 5.98. The van der Waals surface area contributed by atoms with Gasteiger partial charge in [0.25, 0.3) is 5.91 Å². The zero-order valence-electron chi connectivity index (χ0n) is 21.0. The maximum atomic E-state index is 13.5. The van der Waals surface area contributed by atoms with Crippen LogP contribution < -0.4 is 16.4 Å². The number of aromatic nitrogens is 2. The fraction of sp³-hybridized carbons (Fsp3) is 0.259. The van der Waals surface area contributed by atoms with Crippen molar-refractivity contribution in [3.8, 4) is 0 Å². The summed E-state index contributed by atoms with van der Waals surface area (Å²) in [5.41, 5.74) is 9.15. The Balaban J connectivity index is 1.53. The molecule has 0 bridgehead atoms. The van der Waals surface area contributed by atoms with Gasteiger partial charge in [-0.3, -0.25) is 19.9 Å². The summed E-state index contributed by atoms with van der Waals surface area (Å²) in [7, 11) is 1.93. The SMILES string of the molecule is CCOC(=O)CCN(C(=O)c1ccc2c(c1)nc(CNc1ccc(C(=N)N)cc1)n2C)C1=CC=CCN1. The first-order valence-corrected chi connectivity index (χ1v) is 12.1. The first-order valence-electron chi connectivity index (χ1n) is 12.1. The zero-order chi connectivity index (χ0) is 26.4. The lowest BCUT2D eigenvalue weighted by molar-refractivity contribution is -0.143. The van der Waals surface area contributed by atoms with Crippen LogP contribution in [0.15, 0.2) is 66.5 Å². The molecule has 0 radical (unpaired) electrons. The van der Waals surface area contributed by atoms with Crippen molar-refractivity contribution in [1.82, 2.24) is 19.8 Å². The van der Waals surface area contributed by atoms with Crippen molar-refractivity contribution in [1.29, 1.82) is 5.41 Å². The predicted octanol–water partition coefficient (Wildman–Crippen LogP) is 2.87. The molecule has 1 aliphatic rings. The van der Waals surface area contributed by atoms with Crippen molar-refractivity contribution in [2.75, 3.05) is 25.0 Å². The Labute approximate surface area is 215 Å². The Hall–Kier alpha value is -4.60. The number of carbonyl (C=O) groups is 2. The minimum Gasteiger partial charge on any atom is -0.466 e. The molecular weight excluding hydrogens is 470 g/mol. The Morgan fingerprint density at radius 3 is 2.65 bits per heavy atom. The molecule has 192 valence electrons. The maximum absolute atomic E-state index is 13.5. The van der Waals surface area contributed by atoms with Gasteiger partial charge in [0.05, 0.1) is 30.6 Å². The number of allylic oxidation sites excluding steroid dienone is 2. The van der Waals surface area contributed by atoms with E-state index in [-0.39, 0.29) is 30.7 Å². The number of anilines is 1. The molecule has 0 fully saturated rings. The van der Waals surface area contributed by atoms with E-state index in [0.29, 0.717) is 42.2 Å².